The van der Waals surface area contributed by atoms with Gasteiger partial charge in [0.15, 0.2) is 12.9 Å². The highest BCUT2D eigenvalue weighted by molar-refractivity contribution is 7.79. The number of rotatable bonds is 6. The molecule has 0 saturated carbocycles. The van der Waals surface area contributed by atoms with Crippen LogP contribution in [0.2, 0.25) is 0 Å². The molecule has 5 aromatic carbocycles. The largest absolute Gasteiger partial charge is 0.313 e. The minimum absolute atomic E-state index is 0.137. The minimum Gasteiger partial charge on any atom is -0.313 e. The lowest BCUT2D eigenvalue weighted by atomic mass is 9.99. The first kappa shape index (κ1) is 21.1. The highest BCUT2D eigenvalue weighted by atomic mass is 31.2. The van der Waals surface area contributed by atoms with Gasteiger partial charge < -0.3 is 4.57 Å². The van der Waals surface area contributed by atoms with E-state index in [0.717, 1.165) is 16.3 Å². The first-order valence-corrected chi connectivity index (χ1v) is 12.7. The Bertz CT molecular complexity index is 1400. The topological polar surface area (TPSA) is 34.1 Å². The van der Waals surface area contributed by atoms with Crippen LogP contribution in [-0.4, -0.2) is 5.78 Å². The molecule has 160 valence electrons. The Morgan fingerprint density at radius 1 is 0.545 bits per heavy atom. The molecular formula is C30H23O2P. The molecule has 1 atom stereocenters. The number of carbonyl (C=O) groups is 1. The number of hydrogen-bond acceptors (Lipinski definition) is 2. The molecule has 0 aliphatic carbocycles. The highest BCUT2D eigenvalue weighted by Crippen LogP contribution is 2.58. The third-order valence-corrected chi connectivity index (χ3v) is 9.43. The number of fused-ring (bicyclic) bond motifs is 1. The first-order chi connectivity index (χ1) is 16.2. The summed E-state index contributed by atoms with van der Waals surface area (Å²) in [6.45, 7) is 0. The number of ketones is 1. The second kappa shape index (κ2) is 9.02. The summed E-state index contributed by atoms with van der Waals surface area (Å²) in [4.78, 5) is 14.1. The molecule has 0 heterocycles. The van der Waals surface area contributed by atoms with Crippen LogP contribution in [0, 0.1) is 0 Å². The molecule has 0 amide bonds. The molecule has 0 fully saturated rings. The van der Waals surface area contributed by atoms with E-state index in [4.69, 9.17) is 0 Å². The summed E-state index contributed by atoms with van der Waals surface area (Å²) in [6, 6.07) is 42.1. The van der Waals surface area contributed by atoms with E-state index in [1.54, 1.807) is 12.1 Å². The normalized spacial score (nSPS) is 12.4. The smallest absolute Gasteiger partial charge is 0.178 e. The molecular weight excluding hydrogens is 423 g/mol. The highest BCUT2D eigenvalue weighted by Gasteiger charge is 2.42. The van der Waals surface area contributed by atoms with Crippen molar-refractivity contribution in [1.29, 1.82) is 0 Å². The first-order valence-electron chi connectivity index (χ1n) is 11.0. The molecule has 0 aromatic heterocycles. The molecule has 0 aliphatic rings. The summed E-state index contributed by atoms with van der Waals surface area (Å²) in [7, 11) is -3.41. The fourth-order valence-electron chi connectivity index (χ4n) is 4.41. The zero-order valence-corrected chi connectivity index (χ0v) is 18.9. The van der Waals surface area contributed by atoms with Crippen molar-refractivity contribution in [3.8, 4) is 0 Å². The van der Waals surface area contributed by atoms with Gasteiger partial charge in [-0.1, -0.05) is 127 Å². The fourth-order valence-corrected chi connectivity index (χ4v) is 7.60. The summed E-state index contributed by atoms with van der Waals surface area (Å²) in [5.74, 6) is -0.137. The predicted octanol–water partition coefficient (Wildman–Crippen LogP) is 6.78. The van der Waals surface area contributed by atoms with Gasteiger partial charge in [0.2, 0.25) is 0 Å². The molecule has 0 N–H and O–H groups in total. The van der Waals surface area contributed by atoms with E-state index in [-0.39, 0.29) is 5.78 Å². The summed E-state index contributed by atoms with van der Waals surface area (Å²) in [6.07, 6.45) is 0. The average molecular weight is 446 g/mol. The van der Waals surface area contributed by atoms with Crippen LogP contribution in [0.15, 0.2) is 133 Å². The van der Waals surface area contributed by atoms with Crippen molar-refractivity contribution in [2.75, 3.05) is 0 Å². The van der Waals surface area contributed by atoms with E-state index < -0.39 is 12.8 Å². The predicted molar refractivity (Wildman–Crippen MR) is 137 cm³/mol. The summed E-state index contributed by atoms with van der Waals surface area (Å²) in [5, 5.41) is 3.47. The summed E-state index contributed by atoms with van der Waals surface area (Å²) >= 11 is 0. The van der Waals surface area contributed by atoms with Crippen molar-refractivity contribution in [2.45, 2.75) is 5.66 Å². The maximum atomic E-state index is 15.2. The molecule has 0 spiro atoms. The van der Waals surface area contributed by atoms with E-state index in [2.05, 4.69) is 0 Å². The third kappa shape index (κ3) is 3.95. The molecule has 0 radical (unpaired) electrons. The average Bonchev–Trinajstić information content (AvgIpc) is 2.90. The number of carbonyl (C=O) groups excluding carboxylic acids is 1. The van der Waals surface area contributed by atoms with Crippen molar-refractivity contribution in [3.05, 3.63) is 145 Å². The van der Waals surface area contributed by atoms with Gasteiger partial charge in [-0.15, -0.1) is 0 Å². The van der Waals surface area contributed by atoms with Gasteiger partial charge in [0, 0.05) is 16.2 Å². The maximum absolute atomic E-state index is 15.2. The molecule has 3 heteroatoms. The van der Waals surface area contributed by atoms with E-state index in [9.17, 15) is 4.79 Å². The molecule has 0 aliphatic heterocycles. The molecule has 2 nitrogen and oxygen atoms in total. The second-order valence-electron chi connectivity index (χ2n) is 8.07. The Morgan fingerprint density at radius 3 is 1.61 bits per heavy atom. The van der Waals surface area contributed by atoms with Crippen molar-refractivity contribution in [2.24, 2.45) is 0 Å². The van der Waals surface area contributed by atoms with Gasteiger partial charge in [-0.25, -0.2) is 0 Å². The Morgan fingerprint density at radius 2 is 1.03 bits per heavy atom. The van der Waals surface area contributed by atoms with Crippen LogP contribution in [0.25, 0.3) is 10.8 Å². The van der Waals surface area contributed by atoms with Gasteiger partial charge in [-0.3, -0.25) is 4.79 Å². The van der Waals surface area contributed by atoms with Gasteiger partial charge >= 0.3 is 0 Å². The maximum Gasteiger partial charge on any atom is 0.178 e. The summed E-state index contributed by atoms with van der Waals surface area (Å²) < 4.78 is 15.2. The Labute approximate surface area is 193 Å². The summed E-state index contributed by atoms with van der Waals surface area (Å²) in [5.41, 5.74) is 0.482. The zero-order valence-electron chi connectivity index (χ0n) is 18.0. The van der Waals surface area contributed by atoms with Crippen molar-refractivity contribution >= 4 is 34.3 Å². The second-order valence-corrected chi connectivity index (χ2v) is 10.9. The monoisotopic (exact) mass is 446 g/mol. The lowest BCUT2D eigenvalue weighted by molar-refractivity contribution is 0.0986. The van der Waals surface area contributed by atoms with Crippen molar-refractivity contribution < 1.29 is 9.36 Å². The van der Waals surface area contributed by atoms with E-state index in [0.29, 0.717) is 16.2 Å². The van der Waals surface area contributed by atoms with E-state index in [1.807, 2.05) is 121 Å². The van der Waals surface area contributed by atoms with Gasteiger partial charge in [0.1, 0.15) is 5.66 Å². The van der Waals surface area contributed by atoms with Gasteiger partial charge in [0.25, 0.3) is 0 Å². The van der Waals surface area contributed by atoms with Gasteiger partial charge in [-0.05, 0) is 22.4 Å². The van der Waals surface area contributed by atoms with Crippen LogP contribution in [-0.2, 0) is 4.57 Å². The fraction of sp³-hybridized carbons (Fsp3) is 0.0333. The van der Waals surface area contributed by atoms with Crippen molar-refractivity contribution in [3.63, 3.8) is 0 Å². The lowest BCUT2D eigenvalue weighted by Crippen LogP contribution is -2.26. The Hall–Kier alpha value is -3.74. The van der Waals surface area contributed by atoms with Gasteiger partial charge in [0.05, 0.1) is 0 Å². The van der Waals surface area contributed by atoms with Crippen LogP contribution in [0.5, 0.6) is 0 Å². The molecule has 0 bridgehead atoms. The zero-order chi connectivity index (χ0) is 22.7. The molecule has 0 saturated heterocycles. The van der Waals surface area contributed by atoms with Gasteiger partial charge in [-0.2, -0.15) is 0 Å². The molecule has 5 aromatic rings. The van der Waals surface area contributed by atoms with Crippen LogP contribution < -0.4 is 10.6 Å². The van der Waals surface area contributed by atoms with Crippen LogP contribution in [0.3, 0.4) is 0 Å². The molecule has 5 rings (SSSR count). The van der Waals surface area contributed by atoms with Crippen LogP contribution in [0.4, 0.5) is 0 Å². The standard InChI is InChI=1S/C30H23O2P/c31-29(24-13-4-1-5-14-24)30(26-21-20-23-12-10-11-15-25(23)22-26)33(32,27-16-6-2-7-17-27)28-18-8-3-9-19-28/h1-22,30H. The van der Waals surface area contributed by atoms with Crippen LogP contribution >= 0.6 is 7.14 Å². The van der Waals surface area contributed by atoms with E-state index in [1.165, 1.54) is 0 Å². The lowest BCUT2D eigenvalue weighted by Gasteiger charge is -2.28. The van der Waals surface area contributed by atoms with Crippen LogP contribution in [0.1, 0.15) is 21.6 Å². The Kier molecular flexibility index (Phi) is 5.77. The quantitative estimate of drug-likeness (QED) is 0.213. The number of hydrogen-bond donors (Lipinski definition) is 0. The number of benzene rings is 5. The van der Waals surface area contributed by atoms with Crippen molar-refractivity contribution in [1.82, 2.24) is 0 Å². The molecule has 33 heavy (non-hydrogen) atoms. The molecule has 1 unspecified atom stereocenters. The Balaban J connectivity index is 1.81. The SMILES string of the molecule is O=C(c1ccccc1)C(c1ccc2ccccc2c1)P(=O)(c1ccccc1)c1ccccc1. The number of Topliss-reactive ketones (excluding diaryl/α,β-unsaturated/α-hetero) is 1. The third-order valence-electron chi connectivity index (χ3n) is 6.04. The minimum atomic E-state index is -3.41. The van der Waals surface area contributed by atoms with E-state index >= 15 is 4.57 Å².